The van der Waals surface area contributed by atoms with Gasteiger partial charge in [-0.05, 0) is 63.2 Å². The molecular formula is C24H26FN5O. The molecule has 0 amide bonds. The Morgan fingerprint density at radius 1 is 1.06 bits per heavy atom. The van der Waals surface area contributed by atoms with Crippen molar-refractivity contribution in [2.45, 2.75) is 38.8 Å². The number of carbonyl (C=O) groups is 1. The summed E-state index contributed by atoms with van der Waals surface area (Å²) in [6, 6.07) is 7.98. The maximum atomic E-state index is 14.1. The van der Waals surface area contributed by atoms with Crippen molar-refractivity contribution in [1.29, 1.82) is 0 Å². The number of aryl methyl sites for hydroxylation is 1. The lowest BCUT2D eigenvalue weighted by atomic mass is 10.1. The number of piperazine rings is 1. The predicted octanol–water partition coefficient (Wildman–Crippen LogP) is 3.45. The number of hydrogen-bond acceptors (Lipinski definition) is 5. The Bertz CT molecular complexity index is 1190. The van der Waals surface area contributed by atoms with Gasteiger partial charge in [0.05, 0.1) is 11.4 Å². The molecule has 5 rings (SSSR count). The van der Waals surface area contributed by atoms with E-state index in [1.807, 2.05) is 18.2 Å². The summed E-state index contributed by atoms with van der Waals surface area (Å²) >= 11 is 0. The van der Waals surface area contributed by atoms with Crippen molar-refractivity contribution in [3.05, 3.63) is 59.4 Å². The quantitative estimate of drug-likeness (QED) is 0.637. The topological polar surface area (TPSA) is 53.7 Å². The van der Waals surface area contributed by atoms with Crippen molar-refractivity contribution in [2.24, 2.45) is 0 Å². The summed E-state index contributed by atoms with van der Waals surface area (Å²) in [5.41, 5.74) is 3.09. The average Bonchev–Trinajstić information content (AvgIpc) is 3.12. The molecule has 0 saturated carbocycles. The van der Waals surface area contributed by atoms with Gasteiger partial charge in [0.2, 0.25) is 0 Å². The van der Waals surface area contributed by atoms with Crippen molar-refractivity contribution in [2.75, 3.05) is 25.0 Å². The van der Waals surface area contributed by atoms with E-state index < -0.39 is 5.82 Å². The molecule has 160 valence electrons. The van der Waals surface area contributed by atoms with E-state index in [4.69, 9.17) is 4.98 Å². The van der Waals surface area contributed by atoms with Gasteiger partial charge in [-0.25, -0.2) is 14.4 Å². The molecule has 1 aliphatic heterocycles. The molecule has 6 nitrogen and oxygen atoms in total. The highest BCUT2D eigenvalue weighted by molar-refractivity contribution is 6.25. The second-order valence-corrected chi connectivity index (χ2v) is 8.67. The normalized spacial score (nSPS) is 22.4. The summed E-state index contributed by atoms with van der Waals surface area (Å²) in [5.74, 6) is 0.563. The zero-order chi connectivity index (χ0) is 21.7. The van der Waals surface area contributed by atoms with Gasteiger partial charge in [0, 0.05) is 49.6 Å². The van der Waals surface area contributed by atoms with Crippen LogP contribution in [0.5, 0.6) is 0 Å². The largest absolute Gasteiger partial charge is 0.353 e. The maximum absolute atomic E-state index is 14.1. The van der Waals surface area contributed by atoms with Gasteiger partial charge >= 0.3 is 0 Å². The smallest absolute Gasteiger partial charge is 0.173 e. The van der Waals surface area contributed by atoms with Crippen LogP contribution in [0.3, 0.4) is 0 Å². The first-order valence-corrected chi connectivity index (χ1v) is 10.8. The molecule has 31 heavy (non-hydrogen) atoms. The number of aromatic nitrogens is 3. The van der Waals surface area contributed by atoms with Gasteiger partial charge in [0.1, 0.15) is 5.82 Å². The Kier molecular flexibility index (Phi) is 4.85. The van der Waals surface area contributed by atoms with Crippen LogP contribution in [0.1, 0.15) is 37.2 Å². The lowest BCUT2D eigenvalue weighted by molar-refractivity contribution is -0.113. The number of halogens is 1. The number of ketones is 1. The van der Waals surface area contributed by atoms with Crippen molar-refractivity contribution < 1.29 is 9.18 Å². The minimum atomic E-state index is -0.405. The molecule has 0 aromatic carbocycles. The number of rotatable bonds is 2. The molecule has 0 spiro atoms. The number of anilines is 1. The highest BCUT2D eigenvalue weighted by Crippen LogP contribution is 2.29. The molecule has 2 atom stereocenters. The first-order chi connectivity index (χ1) is 14.9. The van der Waals surface area contributed by atoms with Crippen LogP contribution in [-0.4, -0.2) is 57.3 Å². The zero-order valence-electron chi connectivity index (χ0n) is 18.0. The number of likely N-dealkylation sites (N-methyl/N-ethyl adjacent to an activating group) is 1. The van der Waals surface area contributed by atoms with E-state index in [1.54, 1.807) is 22.9 Å². The van der Waals surface area contributed by atoms with Crippen molar-refractivity contribution in [1.82, 2.24) is 19.3 Å². The van der Waals surface area contributed by atoms with E-state index in [1.165, 1.54) is 6.07 Å². The summed E-state index contributed by atoms with van der Waals surface area (Å²) in [4.78, 5) is 26.9. The van der Waals surface area contributed by atoms with Gasteiger partial charge in [-0.2, -0.15) is 0 Å². The minimum Gasteiger partial charge on any atom is -0.353 e. The molecular weight excluding hydrogens is 393 g/mol. The van der Waals surface area contributed by atoms with Gasteiger partial charge in [-0.15, -0.1) is 0 Å². The Morgan fingerprint density at radius 2 is 1.84 bits per heavy atom. The number of allylic oxidation sites excluding steroid dienone is 1. The monoisotopic (exact) mass is 419 g/mol. The van der Waals surface area contributed by atoms with Gasteiger partial charge < -0.3 is 9.30 Å². The molecule has 3 aromatic rings. The second-order valence-electron chi connectivity index (χ2n) is 8.67. The first kappa shape index (κ1) is 19.9. The lowest BCUT2D eigenvalue weighted by Gasteiger charge is -2.43. The third-order valence-electron chi connectivity index (χ3n) is 6.58. The van der Waals surface area contributed by atoms with Crippen molar-refractivity contribution in [3.8, 4) is 0 Å². The van der Waals surface area contributed by atoms with E-state index in [-0.39, 0.29) is 11.4 Å². The van der Waals surface area contributed by atoms with Crippen LogP contribution >= 0.6 is 0 Å². The van der Waals surface area contributed by atoms with Crippen LogP contribution in [0.25, 0.3) is 17.3 Å². The minimum absolute atomic E-state index is 0.00482. The molecule has 0 unspecified atom stereocenters. The fourth-order valence-electron chi connectivity index (χ4n) is 4.53. The van der Waals surface area contributed by atoms with Crippen LogP contribution in [0, 0.1) is 5.82 Å². The van der Waals surface area contributed by atoms with Crippen LogP contribution in [0.4, 0.5) is 10.2 Å². The molecule has 4 heterocycles. The van der Waals surface area contributed by atoms with Crippen LogP contribution < -0.4 is 4.90 Å². The Labute approximate surface area is 181 Å². The molecule has 1 saturated heterocycles. The second kappa shape index (κ2) is 7.57. The van der Waals surface area contributed by atoms with E-state index in [9.17, 15) is 9.18 Å². The Morgan fingerprint density at radius 3 is 2.58 bits per heavy atom. The van der Waals surface area contributed by atoms with E-state index in [0.717, 1.165) is 30.2 Å². The fraction of sp³-hybridized carbons (Fsp3) is 0.375. The van der Waals surface area contributed by atoms with Gasteiger partial charge in [-0.3, -0.25) is 9.69 Å². The number of hydrogen-bond donors (Lipinski definition) is 0. The standard InChI is InChI=1S/C24H26FN5O/c1-15-12-30(13-16(2)28(15)3)23-9-6-17-11-18(22(31)8-7-20(17)26-23)21-14-29-10-4-5-19(25)24(29)27-21/h4-6,9-11,14-16H,7-8,12-13H2,1-3H3/t15-,16+. The number of fused-ring (bicyclic) bond motifs is 2. The molecule has 1 aliphatic carbocycles. The van der Waals surface area contributed by atoms with Crippen LogP contribution in [0.2, 0.25) is 0 Å². The first-order valence-electron chi connectivity index (χ1n) is 10.8. The van der Waals surface area contributed by atoms with E-state index in [2.05, 4.69) is 35.7 Å². The third kappa shape index (κ3) is 3.53. The number of Topliss-reactive ketones (excluding diaryl/α,β-unsaturated/α-hetero) is 1. The Balaban J connectivity index is 1.50. The molecule has 2 aliphatic rings. The average molecular weight is 420 g/mol. The molecule has 3 aromatic heterocycles. The third-order valence-corrected chi connectivity index (χ3v) is 6.58. The van der Waals surface area contributed by atoms with E-state index in [0.29, 0.717) is 36.2 Å². The molecule has 0 radical (unpaired) electrons. The highest BCUT2D eigenvalue weighted by Gasteiger charge is 2.28. The summed E-state index contributed by atoms with van der Waals surface area (Å²) in [5, 5.41) is 0. The van der Waals surface area contributed by atoms with Gasteiger partial charge in [0.15, 0.2) is 17.2 Å². The van der Waals surface area contributed by atoms with Crippen LogP contribution in [0.15, 0.2) is 36.7 Å². The van der Waals surface area contributed by atoms with Crippen molar-refractivity contribution >= 4 is 28.9 Å². The molecule has 0 N–H and O–H groups in total. The van der Waals surface area contributed by atoms with Gasteiger partial charge in [0.25, 0.3) is 0 Å². The number of carbonyl (C=O) groups excluding carboxylic acids is 1. The summed E-state index contributed by atoms with van der Waals surface area (Å²) in [7, 11) is 2.17. The Hall–Kier alpha value is -3.06. The van der Waals surface area contributed by atoms with Gasteiger partial charge in [-0.1, -0.05) is 0 Å². The number of pyridine rings is 2. The molecule has 7 heteroatoms. The molecule has 1 fully saturated rings. The van der Waals surface area contributed by atoms with Crippen molar-refractivity contribution in [3.63, 3.8) is 0 Å². The van der Waals surface area contributed by atoms with E-state index >= 15 is 0 Å². The summed E-state index contributed by atoms with van der Waals surface area (Å²) in [6.45, 7) is 6.33. The summed E-state index contributed by atoms with van der Waals surface area (Å²) in [6.07, 6.45) is 6.25. The number of imidazole rings is 1. The maximum Gasteiger partial charge on any atom is 0.173 e. The fourth-order valence-corrected chi connectivity index (χ4v) is 4.53. The number of nitrogens with zero attached hydrogens (tertiary/aromatic N) is 5. The summed E-state index contributed by atoms with van der Waals surface area (Å²) < 4.78 is 15.7. The SMILES string of the molecule is C[C@@H]1CN(c2ccc3c(n2)CCC(=O)C(c2cn4cccc(F)c4n2)=C3)C[C@H](C)N1C. The highest BCUT2D eigenvalue weighted by atomic mass is 19.1. The lowest BCUT2D eigenvalue weighted by Crippen LogP contribution is -2.55. The predicted molar refractivity (Wildman–Crippen MR) is 119 cm³/mol. The molecule has 0 bridgehead atoms. The zero-order valence-corrected chi connectivity index (χ0v) is 18.0. The van der Waals surface area contributed by atoms with Crippen LogP contribution in [-0.2, 0) is 11.2 Å².